The van der Waals surface area contributed by atoms with Crippen LogP contribution >= 0.6 is 0 Å². The molecule has 4 rings (SSSR count). The van der Waals surface area contributed by atoms with E-state index in [4.69, 9.17) is 0 Å². The molecule has 1 aromatic rings. The molecule has 28 heavy (non-hydrogen) atoms. The SMILES string of the molecule is CC(C)C(C)/C=C/C(C)C1CCC2c3ccc4c(c3CCC21C)CCC(=O)C4. The standard InChI is InChI=1S/C27H38O/c1-17(2)18(3)6-7-19(4)25-12-13-26-24-10-8-20-16-21(28)9-11-22(20)23(24)14-15-27(25,26)5/h6-8,10,17-19,25-26H,9,11-16H2,1-5H3/b7-6+. The number of benzene rings is 1. The number of carbonyl (C=O) groups is 1. The van der Waals surface area contributed by atoms with Crippen LogP contribution in [0.4, 0.5) is 0 Å². The first-order valence-corrected chi connectivity index (χ1v) is 11.6. The molecule has 5 atom stereocenters. The van der Waals surface area contributed by atoms with Gasteiger partial charge in [0.15, 0.2) is 0 Å². The Labute approximate surface area is 172 Å². The molecule has 0 saturated heterocycles. The maximum Gasteiger partial charge on any atom is 0.137 e. The van der Waals surface area contributed by atoms with E-state index < -0.39 is 0 Å². The van der Waals surface area contributed by atoms with Gasteiger partial charge in [0.25, 0.3) is 0 Å². The van der Waals surface area contributed by atoms with Crippen molar-refractivity contribution in [1.82, 2.24) is 0 Å². The molecule has 3 aliphatic carbocycles. The van der Waals surface area contributed by atoms with Crippen molar-refractivity contribution in [3.05, 3.63) is 46.5 Å². The van der Waals surface area contributed by atoms with E-state index in [1.54, 1.807) is 16.7 Å². The topological polar surface area (TPSA) is 17.1 Å². The highest BCUT2D eigenvalue weighted by Gasteiger charge is 2.50. The number of hydrogen-bond acceptors (Lipinski definition) is 1. The minimum atomic E-state index is 0.422. The van der Waals surface area contributed by atoms with Crippen molar-refractivity contribution in [3.8, 4) is 0 Å². The van der Waals surface area contributed by atoms with E-state index in [-0.39, 0.29) is 0 Å². The Morgan fingerprint density at radius 1 is 1.00 bits per heavy atom. The molecule has 0 bridgehead atoms. The minimum absolute atomic E-state index is 0.422. The van der Waals surface area contributed by atoms with Crippen molar-refractivity contribution in [3.63, 3.8) is 0 Å². The Balaban J connectivity index is 1.59. The Bertz CT molecular complexity index is 786. The van der Waals surface area contributed by atoms with Crippen molar-refractivity contribution in [2.75, 3.05) is 0 Å². The minimum Gasteiger partial charge on any atom is -0.299 e. The van der Waals surface area contributed by atoms with Crippen LogP contribution in [0.15, 0.2) is 24.3 Å². The van der Waals surface area contributed by atoms with E-state index in [0.29, 0.717) is 35.4 Å². The normalized spacial score (nSPS) is 31.6. The van der Waals surface area contributed by atoms with Gasteiger partial charge in [-0.1, -0.05) is 58.9 Å². The zero-order valence-electron chi connectivity index (χ0n) is 18.6. The molecular weight excluding hydrogens is 340 g/mol. The maximum atomic E-state index is 11.9. The van der Waals surface area contributed by atoms with Gasteiger partial charge in [-0.25, -0.2) is 0 Å². The van der Waals surface area contributed by atoms with Gasteiger partial charge < -0.3 is 0 Å². The van der Waals surface area contributed by atoms with Gasteiger partial charge in [0.05, 0.1) is 0 Å². The average Bonchev–Trinajstić information content (AvgIpc) is 3.02. The molecule has 1 heteroatoms. The molecule has 0 heterocycles. The lowest BCUT2D eigenvalue weighted by Crippen LogP contribution is -2.35. The first kappa shape index (κ1) is 19.9. The quantitative estimate of drug-likeness (QED) is 0.534. The molecule has 0 aliphatic heterocycles. The third-order valence-corrected chi connectivity index (χ3v) is 8.71. The van der Waals surface area contributed by atoms with Crippen molar-refractivity contribution in [1.29, 1.82) is 0 Å². The number of rotatable bonds is 4. The van der Waals surface area contributed by atoms with E-state index in [1.807, 2.05) is 0 Å². The lowest BCUT2D eigenvalue weighted by atomic mass is 9.60. The number of carbonyl (C=O) groups excluding carboxylic acids is 1. The summed E-state index contributed by atoms with van der Waals surface area (Å²) in [6.45, 7) is 12.0. The van der Waals surface area contributed by atoms with Gasteiger partial charge in [-0.05, 0) is 89.4 Å². The van der Waals surface area contributed by atoms with Crippen LogP contribution in [0.1, 0.15) is 88.5 Å². The Morgan fingerprint density at radius 2 is 1.79 bits per heavy atom. The lowest BCUT2D eigenvalue weighted by Gasteiger charge is -2.44. The van der Waals surface area contributed by atoms with Crippen LogP contribution in [0.2, 0.25) is 0 Å². The van der Waals surface area contributed by atoms with Gasteiger partial charge in [-0.2, -0.15) is 0 Å². The fraction of sp³-hybridized carbons (Fsp3) is 0.667. The fourth-order valence-corrected chi connectivity index (χ4v) is 6.52. The molecule has 1 saturated carbocycles. The maximum absolute atomic E-state index is 11.9. The summed E-state index contributed by atoms with van der Waals surface area (Å²) in [6, 6.07) is 4.69. The predicted molar refractivity (Wildman–Crippen MR) is 118 cm³/mol. The number of ketones is 1. The van der Waals surface area contributed by atoms with Crippen LogP contribution in [0.5, 0.6) is 0 Å². The summed E-state index contributed by atoms with van der Waals surface area (Å²) < 4.78 is 0. The first-order valence-electron chi connectivity index (χ1n) is 11.6. The van der Waals surface area contributed by atoms with Crippen LogP contribution < -0.4 is 0 Å². The third-order valence-electron chi connectivity index (χ3n) is 8.71. The monoisotopic (exact) mass is 378 g/mol. The third kappa shape index (κ3) is 3.29. The molecule has 0 aromatic heterocycles. The van der Waals surface area contributed by atoms with Crippen LogP contribution in [-0.4, -0.2) is 5.78 Å². The second-order valence-electron chi connectivity index (χ2n) is 10.6. The second kappa shape index (κ2) is 7.47. The summed E-state index contributed by atoms with van der Waals surface area (Å²) in [4.78, 5) is 11.9. The van der Waals surface area contributed by atoms with Crippen LogP contribution in [-0.2, 0) is 24.1 Å². The van der Waals surface area contributed by atoms with Crippen molar-refractivity contribution in [2.24, 2.45) is 29.1 Å². The lowest BCUT2D eigenvalue weighted by molar-refractivity contribution is -0.118. The molecule has 1 aromatic carbocycles. The molecule has 5 unspecified atom stereocenters. The largest absolute Gasteiger partial charge is 0.299 e. The van der Waals surface area contributed by atoms with Gasteiger partial charge in [0.1, 0.15) is 5.78 Å². The fourth-order valence-electron chi connectivity index (χ4n) is 6.52. The van der Waals surface area contributed by atoms with Gasteiger partial charge in [0, 0.05) is 12.8 Å². The predicted octanol–water partition coefficient (Wildman–Crippen LogP) is 6.67. The van der Waals surface area contributed by atoms with Crippen LogP contribution in [0.25, 0.3) is 0 Å². The molecule has 0 radical (unpaired) electrons. The second-order valence-corrected chi connectivity index (χ2v) is 10.6. The summed E-state index contributed by atoms with van der Waals surface area (Å²) in [6.07, 6.45) is 12.6. The summed E-state index contributed by atoms with van der Waals surface area (Å²) in [5.74, 6) is 3.96. The summed E-state index contributed by atoms with van der Waals surface area (Å²) in [5, 5.41) is 0. The number of Topliss-reactive ketones (excluding diaryl/α,β-unsaturated/α-hetero) is 1. The number of hydrogen-bond donors (Lipinski definition) is 0. The van der Waals surface area contributed by atoms with Crippen molar-refractivity contribution in [2.45, 2.75) is 85.5 Å². The van der Waals surface area contributed by atoms with E-state index in [9.17, 15) is 4.79 Å². The molecule has 1 fully saturated rings. The van der Waals surface area contributed by atoms with Gasteiger partial charge in [-0.15, -0.1) is 0 Å². The van der Waals surface area contributed by atoms with Crippen LogP contribution in [0.3, 0.4) is 0 Å². The zero-order valence-corrected chi connectivity index (χ0v) is 18.6. The Kier molecular flexibility index (Phi) is 5.31. The molecule has 0 N–H and O–H groups in total. The van der Waals surface area contributed by atoms with E-state index in [1.165, 1.54) is 31.2 Å². The summed E-state index contributed by atoms with van der Waals surface area (Å²) in [7, 11) is 0. The molecule has 0 amide bonds. The molecular formula is C27H38O. The van der Waals surface area contributed by atoms with Gasteiger partial charge in [0.2, 0.25) is 0 Å². The highest BCUT2D eigenvalue weighted by atomic mass is 16.1. The Morgan fingerprint density at radius 3 is 2.54 bits per heavy atom. The number of fused-ring (bicyclic) bond motifs is 5. The van der Waals surface area contributed by atoms with E-state index in [0.717, 1.165) is 24.7 Å². The molecule has 3 aliphatic rings. The van der Waals surface area contributed by atoms with Gasteiger partial charge >= 0.3 is 0 Å². The van der Waals surface area contributed by atoms with Crippen LogP contribution in [0, 0.1) is 29.1 Å². The van der Waals surface area contributed by atoms with Crippen molar-refractivity contribution < 1.29 is 4.79 Å². The van der Waals surface area contributed by atoms with Crippen molar-refractivity contribution >= 4 is 5.78 Å². The highest BCUT2D eigenvalue weighted by molar-refractivity contribution is 5.83. The zero-order chi connectivity index (χ0) is 20.1. The number of allylic oxidation sites excluding steroid dienone is 2. The smallest absolute Gasteiger partial charge is 0.137 e. The van der Waals surface area contributed by atoms with Gasteiger partial charge in [-0.3, -0.25) is 4.79 Å². The Hall–Kier alpha value is -1.37. The highest BCUT2D eigenvalue weighted by Crippen LogP contribution is 2.61. The van der Waals surface area contributed by atoms with E-state index in [2.05, 4.69) is 58.9 Å². The molecule has 1 nitrogen and oxygen atoms in total. The average molecular weight is 379 g/mol. The first-order chi connectivity index (χ1) is 13.3. The summed E-state index contributed by atoms with van der Waals surface area (Å²) in [5.41, 5.74) is 6.56. The van der Waals surface area contributed by atoms with E-state index >= 15 is 0 Å². The molecule has 0 spiro atoms. The summed E-state index contributed by atoms with van der Waals surface area (Å²) >= 11 is 0. The molecule has 152 valence electrons.